The van der Waals surface area contributed by atoms with Gasteiger partial charge >= 0.3 is 5.97 Å². The highest BCUT2D eigenvalue weighted by Crippen LogP contribution is 2.48. The van der Waals surface area contributed by atoms with Crippen molar-refractivity contribution in [2.24, 2.45) is 11.3 Å². The molecule has 4 rings (SSSR count). The molecule has 2 atom stereocenters. The number of hydrogen-bond acceptors (Lipinski definition) is 8. The number of allylic oxidation sites excluding steroid dienone is 3. The molecule has 0 bridgehead atoms. The molecular weight excluding hydrogens is 476 g/mol. The molecule has 0 saturated carbocycles. The lowest BCUT2D eigenvalue weighted by molar-refractivity contribution is -0.384. The van der Waals surface area contributed by atoms with Crippen LogP contribution >= 0.6 is 0 Å². The van der Waals surface area contributed by atoms with Crippen LogP contribution in [0.1, 0.15) is 44.2 Å². The van der Waals surface area contributed by atoms with Gasteiger partial charge in [0.2, 0.25) is 0 Å². The number of Topliss-reactive ketones (excluding diaryl/α,β-unsaturated/α-hetero) is 1. The first kappa shape index (κ1) is 25.9. The van der Waals surface area contributed by atoms with E-state index >= 15 is 0 Å². The number of nitro groups is 1. The largest absolute Gasteiger partial charge is 0.493 e. The van der Waals surface area contributed by atoms with E-state index in [9.17, 15) is 19.7 Å². The third-order valence-electron chi connectivity index (χ3n) is 6.73. The number of hydrogen-bond donors (Lipinski definition) is 1. The Balaban J connectivity index is 1.69. The Bertz CT molecular complexity index is 1310. The van der Waals surface area contributed by atoms with Crippen molar-refractivity contribution in [1.29, 1.82) is 0 Å². The average molecular weight is 507 g/mol. The summed E-state index contributed by atoms with van der Waals surface area (Å²) in [6, 6.07) is 11.5. The van der Waals surface area contributed by atoms with Gasteiger partial charge < -0.3 is 19.5 Å². The molecule has 0 radical (unpaired) electrons. The van der Waals surface area contributed by atoms with Crippen LogP contribution in [-0.2, 0) is 20.9 Å². The molecule has 0 saturated heterocycles. The van der Waals surface area contributed by atoms with E-state index in [-0.39, 0.29) is 23.5 Å². The van der Waals surface area contributed by atoms with Gasteiger partial charge in [-0.2, -0.15) is 0 Å². The summed E-state index contributed by atoms with van der Waals surface area (Å²) in [5.74, 6) is -0.654. The monoisotopic (exact) mass is 506 g/mol. The van der Waals surface area contributed by atoms with Crippen LogP contribution in [0.5, 0.6) is 11.5 Å². The number of nitrogens with one attached hydrogen (secondary N) is 1. The molecule has 2 aliphatic rings. The van der Waals surface area contributed by atoms with E-state index in [4.69, 9.17) is 14.2 Å². The van der Waals surface area contributed by atoms with Gasteiger partial charge in [0.15, 0.2) is 11.5 Å². The highest BCUT2D eigenvalue weighted by Gasteiger charge is 2.46. The van der Waals surface area contributed by atoms with E-state index in [2.05, 4.69) is 11.4 Å². The number of non-ortho nitro benzene ring substituents is 1. The van der Waals surface area contributed by atoms with E-state index in [0.717, 1.165) is 16.8 Å². The molecule has 0 aromatic heterocycles. The molecule has 2 aromatic rings. The zero-order valence-electron chi connectivity index (χ0n) is 21.5. The maximum atomic E-state index is 13.4. The predicted molar refractivity (Wildman–Crippen MR) is 136 cm³/mol. The fourth-order valence-corrected chi connectivity index (χ4v) is 5.08. The Labute approximate surface area is 215 Å². The van der Waals surface area contributed by atoms with Crippen molar-refractivity contribution < 1.29 is 28.7 Å². The molecule has 0 spiro atoms. The molecule has 2 unspecified atom stereocenters. The topological polar surface area (TPSA) is 117 Å². The standard InChI is InChI=1S/C28H30N2O7/c1-16-24(27(32)36-5)25(26-20(29-16)13-28(2,3)14-21(26)31)18-8-11-22(23(12-18)35-4)37-15-17-6-9-19(10-7-17)30(33)34/h6-13,25-26,29H,14-15H2,1-5H3. The summed E-state index contributed by atoms with van der Waals surface area (Å²) in [6.45, 7) is 6.01. The molecule has 0 amide bonds. The van der Waals surface area contributed by atoms with Crippen molar-refractivity contribution in [2.75, 3.05) is 14.2 Å². The first-order chi connectivity index (χ1) is 17.5. The number of carbonyl (C=O) groups excluding carboxylic acids is 2. The van der Waals surface area contributed by atoms with Crippen molar-refractivity contribution in [2.45, 2.75) is 39.7 Å². The minimum Gasteiger partial charge on any atom is -0.493 e. The van der Waals surface area contributed by atoms with Crippen LogP contribution < -0.4 is 14.8 Å². The van der Waals surface area contributed by atoms with Gasteiger partial charge in [-0.25, -0.2) is 4.79 Å². The molecule has 37 heavy (non-hydrogen) atoms. The summed E-state index contributed by atoms with van der Waals surface area (Å²) in [5.41, 5.74) is 3.02. The van der Waals surface area contributed by atoms with Crippen LogP contribution in [0.25, 0.3) is 0 Å². The molecule has 1 N–H and O–H groups in total. The van der Waals surface area contributed by atoms with Gasteiger partial charge in [-0.15, -0.1) is 0 Å². The highest BCUT2D eigenvalue weighted by molar-refractivity contribution is 5.96. The van der Waals surface area contributed by atoms with E-state index < -0.39 is 22.7 Å². The van der Waals surface area contributed by atoms with Crippen molar-refractivity contribution in [3.05, 3.63) is 86.7 Å². The summed E-state index contributed by atoms with van der Waals surface area (Å²) >= 11 is 0. The van der Waals surface area contributed by atoms with Crippen molar-refractivity contribution in [1.82, 2.24) is 5.32 Å². The van der Waals surface area contributed by atoms with Crippen LogP contribution in [0.4, 0.5) is 5.69 Å². The number of nitrogens with zero attached hydrogens (tertiary/aromatic N) is 1. The lowest BCUT2D eigenvalue weighted by Crippen LogP contribution is -2.43. The smallest absolute Gasteiger partial charge is 0.336 e. The predicted octanol–water partition coefficient (Wildman–Crippen LogP) is 4.82. The zero-order chi connectivity index (χ0) is 26.9. The fraction of sp³-hybridized carbons (Fsp3) is 0.357. The maximum absolute atomic E-state index is 13.4. The fourth-order valence-electron chi connectivity index (χ4n) is 5.08. The van der Waals surface area contributed by atoms with Gasteiger partial charge in [0, 0.05) is 35.9 Å². The first-order valence-corrected chi connectivity index (χ1v) is 11.9. The Morgan fingerprint density at radius 1 is 1.11 bits per heavy atom. The van der Waals surface area contributed by atoms with E-state index in [1.165, 1.54) is 26.4 Å². The number of fused-ring (bicyclic) bond motifs is 1. The molecule has 9 heteroatoms. The molecule has 0 fully saturated rings. The summed E-state index contributed by atoms with van der Waals surface area (Å²) in [7, 11) is 2.84. The Morgan fingerprint density at radius 2 is 1.81 bits per heavy atom. The van der Waals surface area contributed by atoms with Crippen molar-refractivity contribution in [3.8, 4) is 11.5 Å². The number of ketones is 1. The average Bonchev–Trinajstić information content (AvgIpc) is 2.85. The number of ether oxygens (including phenoxy) is 3. The van der Waals surface area contributed by atoms with Gasteiger partial charge in [0.1, 0.15) is 12.4 Å². The Hall–Kier alpha value is -4.14. The van der Waals surface area contributed by atoms with Gasteiger partial charge in [0.25, 0.3) is 5.69 Å². The Kier molecular flexibility index (Phi) is 7.07. The van der Waals surface area contributed by atoms with Gasteiger partial charge in [0.05, 0.1) is 30.6 Å². The second-order valence-electron chi connectivity index (χ2n) is 9.96. The highest BCUT2D eigenvalue weighted by atomic mass is 16.6. The summed E-state index contributed by atoms with van der Waals surface area (Å²) in [6.07, 6.45) is 2.43. The normalized spacial score (nSPS) is 20.4. The van der Waals surface area contributed by atoms with Crippen LogP contribution in [0, 0.1) is 21.4 Å². The maximum Gasteiger partial charge on any atom is 0.336 e. The number of rotatable bonds is 7. The minimum atomic E-state index is -0.554. The number of benzene rings is 2. The summed E-state index contributed by atoms with van der Waals surface area (Å²) in [4.78, 5) is 36.7. The second kappa shape index (κ2) is 10.1. The number of methoxy groups -OCH3 is 2. The minimum absolute atomic E-state index is 0.00600. The molecular formula is C28H30N2O7. The molecule has 194 valence electrons. The van der Waals surface area contributed by atoms with Crippen LogP contribution in [0.15, 0.2) is 65.5 Å². The number of nitro benzene ring substituents is 1. The molecule has 1 aliphatic heterocycles. The van der Waals surface area contributed by atoms with E-state index in [1.807, 2.05) is 19.9 Å². The van der Waals surface area contributed by atoms with Crippen LogP contribution in [0.3, 0.4) is 0 Å². The van der Waals surface area contributed by atoms with Crippen molar-refractivity contribution in [3.63, 3.8) is 0 Å². The van der Waals surface area contributed by atoms with Gasteiger partial charge in [-0.05, 0) is 47.7 Å². The SMILES string of the molecule is COC(=O)C1=C(C)NC2=CC(C)(C)CC(=O)C2C1c1ccc(OCc2ccc([N+](=O)[O-])cc2)c(OC)c1. The van der Waals surface area contributed by atoms with Crippen LogP contribution in [0.2, 0.25) is 0 Å². The zero-order valence-corrected chi connectivity index (χ0v) is 21.5. The summed E-state index contributed by atoms with van der Waals surface area (Å²) < 4.78 is 16.6. The van der Waals surface area contributed by atoms with Gasteiger partial charge in [-0.3, -0.25) is 14.9 Å². The second-order valence-corrected chi connectivity index (χ2v) is 9.96. The first-order valence-electron chi connectivity index (χ1n) is 11.9. The lowest BCUT2D eigenvalue weighted by Gasteiger charge is -2.41. The van der Waals surface area contributed by atoms with E-state index in [0.29, 0.717) is 29.2 Å². The number of carbonyl (C=O) groups is 2. The lowest BCUT2D eigenvalue weighted by atomic mass is 9.66. The third-order valence-corrected chi connectivity index (χ3v) is 6.73. The van der Waals surface area contributed by atoms with E-state index in [1.54, 1.807) is 31.2 Å². The Morgan fingerprint density at radius 3 is 2.43 bits per heavy atom. The molecule has 9 nitrogen and oxygen atoms in total. The molecule has 1 aliphatic carbocycles. The van der Waals surface area contributed by atoms with Crippen molar-refractivity contribution >= 4 is 17.4 Å². The van der Waals surface area contributed by atoms with Crippen LogP contribution in [-0.4, -0.2) is 30.9 Å². The summed E-state index contributed by atoms with van der Waals surface area (Å²) in [5, 5.41) is 14.2. The molecule has 2 aromatic carbocycles. The van der Waals surface area contributed by atoms with Gasteiger partial charge in [-0.1, -0.05) is 26.0 Å². The third kappa shape index (κ3) is 5.21. The quantitative estimate of drug-likeness (QED) is 0.323. The number of esters is 1. The molecule has 1 heterocycles.